The van der Waals surface area contributed by atoms with E-state index < -0.39 is 0 Å². The molecule has 146 valence electrons. The maximum absolute atomic E-state index is 5.79. The summed E-state index contributed by atoms with van der Waals surface area (Å²) in [7, 11) is 0. The summed E-state index contributed by atoms with van der Waals surface area (Å²) in [6.07, 6.45) is 3.32. The number of ether oxygens (including phenoxy) is 1. The number of halogens is 1. The molecule has 1 aromatic heterocycles. The van der Waals surface area contributed by atoms with Crippen LogP contribution in [0.15, 0.2) is 10.4 Å². The van der Waals surface area contributed by atoms with E-state index in [2.05, 4.69) is 53.7 Å². The number of aryl methyl sites for hydroxylation is 2. The maximum Gasteiger partial charge on any atom is 0.191 e. The number of hydrogen-bond acceptors (Lipinski definition) is 4. The van der Waals surface area contributed by atoms with Gasteiger partial charge in [0.1, 0.15) is 0 Å². The van der Waals surface area contributed by atoms with Crippen LogP contribution < -0.4 is 10.6 Å². The number of thiazole rings is 1. The summed E-state index contributed by atoms with van der Waals surface area (Å²) >= 11 is 1.74. The molecule has 0 spiro atoms. The van der Waals surface area contributed by atoms with Gasteiger partial charge in [-0.25, -0.2) is 4.98 Å². The summed E-state index contributed by atoms with van der Waals surface area (Å²) in [5, 5.41) is 10.0. The van der Waals surface area contributed by atoms with Crippen LogP contribution in [0.1, 0.15) is 51.2 Å². The molecule has 0 saturated carbocycles. The first-order valence-electron chi connectivity index (χ1n) is 9.11. The predicted octanol–water partition coefficient (Wildman–Crippen LogP) is 4.01. The Morgan fingerprint density at radius 2 is 2.08 bits per heavy atom. The van der Waals surface area contributed by atoms with Crippen LogP contribution in [-0.2, 0) is 11.2 Å². The fraction of sp³-hybridized carbons (Fsp3) is 0.778. The second-order valence-electron chi connectivity index (χ2n) is 6.20. The number of aliphatic imine (C=N–C) groups is 1. The molecular weight excluding hydrogens is 447 g/mol. The molecule has 1 heterocycles. The number of rotatable bonds is 11. The van der Waals surface area contributed by atoms with Crippen molar-refractivity contribution in [1.82, 2.24) is 15.6 Å². The minimum absolute atomic E-state index is 0. The summed E-state index contributed by atoms with van der Waals surface area (Å²) in [5.41, 5.74) is 1.11. The van der Waals surface area contributed by atoms with Crippen LogP contribution in [0.25, 0.3) is 0 Å². The zero-order chi connectivity index (χ0) is 17.8. The Labute approximate surface area is 174 Å². The molecule has 1 rings (SSSR count). The minimum Gasteiger partial charge on any atom is -0.378 e. The minimum atomic E-state index is 0. The topological polar surface area (TPSA) is 58.5 Å². The van der Waals surface area contributed by atoms with Crippen molar-refractivity contribution in [2.24, 2.45) is 10.9 Å². The molecule has 2 N–H and O–H groups in total. The lowest BCUT2D eigenvalue weighted by atomic mass is 10.0. The van der Waals surface area contributed by atoms with Gasteiger partial charge >= 0.3 is 0 Å². The Bertz CT molecular complexity index is 479. The highest BCUT2D eigenvalue weighted by Crippen LogP contribution is 2.11. The van der Waals surface area contributed by atoms with E-state index >= 15 is 0 Å². The molecule has 0 aliphatic heterocycles. The Morgan fingerprint density at radius 3 is 2.64 bits per heavy atom. The highest BCUT2D eigenvalue weighted by atomic mass is 127. The fourth-order valence-corrected chi connectivity index (χ4v) is 3.25. The van der Waals surface area contributed by atoms with E-state index in [1.54, 1.807) is 11.3 Å². The van der Waals surface area contributed by atoms with Gasteiger partial charge in [0.15, 0.2) is 5.96 Å². The molecule has 0 radical (unpaired) electrons. The molecule has 0 bridgehead atoms. The van der Waals surface area contributed by atoms with Gasteiger partial charge in [-0.05, 0) is 39.5 Å². The van der Waals surface area contributed by atoms with Crippen LogP contribution >= 0.6 is 35.3 Å². The monoisotopic (exact) mass is 482 g/mol. The lowest BCUT2D eigenvalue weighted by Gasteiger charge is -2.21. The summed E-state index contributed by atoms with van der Waals surface area (Å²) in [6, 6.07) is 0. The Balaban J connectivity index is 0.00000576. The van der Waals surface area contributed by atoms with Crippen molar-refractivity contribution in [3.05, 3.63) is 16.1 Å². The number of nitrogens with one attached hydrogen (secondary N) is 2. The van der Waals surface area contributed by atoms with Gasteiger partial charge in [-0.15, -0.1) is 35.3 Å². The molecule has 1 atom stereocenters. The number of aromatic nitrogens is 1. The first-order valence-corrected chi connectivity index (χ1v) is 9.99. The van der Waals surface area contributed by atoms with Gasteiger partial charge < -0.3 is 15.4 Å². The smallest absolute Gasteiger partial charge is 0.191 e. The predicted molar refractivity (Wildman–Crippen MR) is 119 cm³/mol. The van der Waals surface area contributed by atoms with Crippen LogP contribution in [-0.4, -0.2) is 43.3 Å². The molecule has 5 nitrogen and oxygen atoms in total. The van der Waals surface area contributed by atoms with Crippen LogP contribution in [0, 0.1) is 12.8 Å². The Kier molecular flexibility index (Phi) is 14.5. The largest absolute Gasteiger partial charge is 0.378 e. The van der Waals surface area contributed by atoms with E-state index in [0.29, 0.717) is 12.0 Å². The van der Waals surface area contributed by atoms with E-state index in [4.69, 9.17) is 4.74 Å². The molecule has 0 aliphatic rings. The van der Waals surface area contributed by atoms with Gasteiger partial charge in [0, 0.05) is 43.7 Å². The Hall–Kier alpha value is -0.410. The fourth-order valence-electron chi connectivity index (χ4n) is 2.44. The van der Waals surface area contributed by atoms with Crippen molar-refractivity contribution in [2.45, 2.75) is 60.0 Å². The molecule has 0 saturated heterocycles. The standard InChI is InChI=1S/C18H34N4OS.HI/c1-6-19-18(21-12-10-16(14(3)4)23-7-2)20-11-8-9-17-22-15(5)13-24-17;/h13-14,16H,6-12H2,1-5H3,(H2,19,20,21);1H. The van der Waals surface area contributed by atoms with E-state index in [1.807, 2.05) is 6.92 Å². The maximum atomic E-state index is 5.79. The molecule has 0 aromatic carbocycles. The summed E-state index contributed by atoms with van der Waals surface area (Å²) in [4.78, 5) is 9.14. The third-order valence-corrected chi connectivity index (χ3v) is 4.70. The summed E-state index contributed by atoms with van der Waals surface area (Å²) < 4.78 is 5.79. The molecule has 7 heteroatoms. The van der Waals surface area contributed by atoms with E-state index in [9.17, 15) is 0 Å². The normalized spacial score (nSPS) is 12.8. The molecule has 0 amide bonds. The summed E-state index contributed by atoms with van der Waals surface area (Å²) in [5.74, 6) is 1.43. The van der Waals surface area contributed by atoms with E-state index in [-0.39, 0.29) is 24.0 Å². The second-order valence-corrected chi connectivity index (χ2v) is 7.14. The highest BCUT2D eigenvalue weighted by Gasteiger charge is 2.12. The Morgan fingerprint density at radius 1 is 1.32 bits per heavy atom. The zero-order valence-electron chi connectivity index (χ0n) is 16.3. The van der Waals surface area contributed by atoms with Crippen molar-refractivity contribution in [1.29, 1.82) is 0 Å². The lowest BCUT2D eigenvalue weighted by molar-refractivity contribution is 0.0258. The van der Waals surface area contributed by atoms with Gasteiger partial charge in [-0.1, -0.05) is 13.8 Å². The molecule has 25 heavy (non-hydrogen) atoms. The van der Waals surface area contributed by atoms with Crippen molar-refractivity contribution in [3.63, 3.8) is 0 Å². The van der Waals surface area contributed by atoms with E-state index in [1.165, 1.54) is 5.01 Å². The number of hydrogen-bond donors (Lipinski definition) is 2. The van der Waals surface area contributed by atoms with Crippen molar-refractivity contribution in [2.75, 3.05) is 26.2 Å². The molecule has 1 unspecified atom stereocenters. The number of guanidine groups is 1. The average molecular weight is 482 g/mol. The van der Waals surface area contributed by atoms with Gasteiger partial charge in [0.25, 0.3) is 0 Å². The first kappa shape index (κ1) is 24.6. The molecule has 0 aliphatic carbocycles. The van der Waals surface area contributed by atoms with Gasteiger partial charge in [-0.3, -0.25) is 4.99 Å². The van der Waals surface area contributed by atoms with Crippen LogP contribution in [0.2, 0.25) is 0 Å². The molecule has 1 aromatic rings. The van der Waals surface area contributed by atoms with Crippen molar-refractivity contribution in [3.8, 4) is 0 Å². The summed E-state index contributed by atoms with van der Waals surface area (Å²) in [6.45, 7) is 13.9. The van der Waals surface area contributed by atoms with Gasteiger partial charge in [-0.2, -0.15) is 0 Å². The molecule has 0 fully saturated rings. The van der Waals surface area contributed by atoms with Crippen LogP contribution in [0.5, 0.6) is 0 Å². The van der Waals surface area contributed by atoms with Crippen LogP contribution in [0.4, 0.5) is 0 Å². The SMILES string of the molecule is CCNC(=NCCCc1nc(C)cs1)NCCC(OCC)C(C)C.I. The lowest BCUT2D eigenvalue weighted by Crippen LogP contribution is -2.39. The third kappa shape index (κ3) is 11.0. The molecular formula is C18H35IN4OS. The quantitative estimate of drug-likeness (QED) is 0.217. The highest BCUT2D eigenvalue weighted by molar-refractivity contribution is 14.0. The second kappa shape index (κ2) is 14.7. The zero-order valence-corrected chi connectivity index (χ0v) is 19.4. The first-order chi connectivity index (χ1) is 11.6. The van der Waals surface area contributed by atoms with Crippen molar-refractivity contribution < 1.29 is 4.74 Å². The van der Waals surface area contributed by atoms with Gasteiger partial charge in [0.2, 0.25) is 0 Å². The van der Waals surface area contributed by atoms with E-state index in [0.717, 1.165) is 57.2 Å². The number of nitrogens with zero attached hydrogens (tertiary/aromatic N) is 2. The third-order valence-electron chi connectivity index (χ3n) is 3.68. The van der Waals surface area contributed by atoms with Crippen LogP contribution in [0.3, 0.4) is 0 Å². The average Bonchev–Trinajstić information content (AvgIpc) is 2.95. The van der Waals surface area contributed by atoms with Gasteiger partial charge in [0.05, 0.1) is 11.1 Å². The van der Waals surface area contributed by atoms with Crippen molar-refractivity contribution >= 4 is 41.3 Å².